The standard InChI is InChI=1S/C13H20N4O3S/c1-15-13(18)10-16-5-7-17(8-6-16)21(19,20)12-4-2-3-11(14)9-12/h2-4,9H,5-8,10,14H2,1H3,(H,15,18). The van der Waals surface area contributed by atoms with E-state index in [1.54, 1.807) is 25.2 Å². The zero-order valence-corrected chi connectivity index (χ0v) is 12.8. The highest BCUT2D eigenvalue weighted by atomic mass is 32.2. The first kappa shape index (κ1) is 15.7. The molecule has 8 heteroatoms. The molecule has 2 rings (SSSR count). The van der Waals surface area contributed by atoms with Crippen molar-refractivity contribution in [1.82, 2.24) is 14.5 Å². The third kappa shape index (κ3) is 3.72. The minimum absolute atomic E-state index is 0.0675. The van der Waals surface area contributed by atoms with E-state index in [-0.39, 0.29) is 10.8 Å². The fourth-order valence-corrected chi connectivity index (χ4v) is 3.71. The van der Waals surface area contributed by atoms with Crippen LogP contribution in [0.2, 0.25) is 0 Å². The third-order valence-corrected chi connectivity index (χ3v) is 5.37. The van der Waals surface area contributed by atoms with Crippen LogP contribution in [0.1, 0.15) is 0 Å². The highest BCUT2D eigenvalue weighted by Gasteiger charge is 2.28. The molecule has 1 aromatic carbocycles. The first-order valence-electron chi connectivity index (χ1n) is 6.72. The van der Waals surface area contributed by atoms with Crippen molar-refractivity contribution in [1.29, 1.82) is 0 Å². The van der Waals surface area contributed by atoms with Crippen molar-refractivity contribution in [2.75, 3.05) is 45.5 Å². The fraction of sp³-hybridized carbons (Fsp3) is 0.462. The molecule has 1 aromatic rings. The summed E-state index contributed by atoms with van der Waals surface area (Å²) < 4.78 is 26.4. The van der Waals surface area contributed by atoms with Crippen molar-refractivity contribution >= 4 is 21.6 Å². The molecule has 7 nitrogen and oxygen atoms in total. The van der Waals surface area contributed by atoms with Crippen molar-refractivity contribution in [3.05, 3.63) is 24.3 Å². The van der Waals surface area contributed by atoms with Crippen LogP contribution in [-0.4, -0.2) is 63.3 Å². The SMILES string of the molecule is CNC(=O)CN1CCN(S(=O)(=O)c2cccc(N)c2)CC1. The Morgan fingerprint density at radius 1 is 1.29 bits per heavy atom. The average Bonchev–Trinajstić information content (AvgIpc) is 2.47. The van der Waals surface area contributed by atoms with E-state index < -0.39 is 10.0 Å². The number of sulfonamides is 1. The second-order valence-corrected chi connectivity index (χ2v) is 6.86. The molecule has 0 unspecified atom stereocenters. The molecular formula is C13H20N4O3S. The van der Waals surface area contributed by atoms with E-state index in [0.29, 0.717) is 38.4 Å². The number of carbonyl (C=O) groups excluding carboxylic acids is 1. The van der Waals surface area contributed by atoms with Crippen molar-refractivity contribution in [2.24, 2.45) is 0 Å². The summed E-state index contributed by atoms with van der Waals surface area (Å²) in [5.74, 6) is -0.0675. The number of amides is 1. The molecule has 0 aromatic heterocycles. The number of piperazine rings is 1. The lowest BCUT2D eigenvalue weighted by molar-refractivity contribution is -0.122. The van der Waals surface area contributed by atoms with Gasteiger partial charge in [-0.05, 0) is 18.2 Å². The first-order valence-corrected chi connectivity index (χ1v) is 8.16. The molecule has 0 atom stereocenters. The summed E-state index contributed by atoms with van der Waals surface area (Å²) in [7, 11) is -1.93. The van der Waals surface area contributed by atoms with Crippen LogP contribution in [0.3, 0.4) is 0 Å². The summed E-state index contributed by atoms with van der Waals surface area (Å²) >= 11 is 0. The van der Waals surface area contributed by atoms with Gasteiger partial charge in [0, 0.05) is 38.9 Å². The molecular weight excluding hydrogens is 292 g/mol. The van der Waals surface area contributed by atoms with Crippen LogP contribution in [-0.2, 0) is 14.8 Å². The van der Waals surface area contributed by atoms with Gasteiger partial charge < -0.3 is 11.1 Å². The normalized spacial score (nSPS) is 17.6. The Bertz CT molecular complexity index is 610. The Kier molecular flexibility index (Phi) is 4.81. The number of nitrogens with zero attached hydrogens (tertiary/aromatic N) is 2. The number of hydrogen-bond donors (Lipinski definition) is 2. The van der Waals surface area contributed by atoms with Crippen LogP contribution in [0.15, 0.2) is 29.2 Å². The zero-order valence-electron chi connectivity index (χ0n) is 11.9. The number of anilines is 1. The van der Waals surface area contributed by atoms with Gasteiger partial charge in [0.2, 0.25) is 15.9 Å². The maximum Gasteiger partial charge on any atom is 0.243 e. The second kappa shape index (κ2) is 6.42. The number of nitrogens with two attached hydrogens (primary N) is 1. The van der Waals surface area contributed by atoms with E-state index in [0.717, 1.165) is 0 Å². The van der Waals surface area contributed by atoms with Crippen LogP contribution < -0.4 is 11.1 Å². The van der Waals surface area contributed by atoms with E-state index >= 15 is 0 Å². The highest BCUT2D eigenvalue weighted by Crippen LogP contribution is 2.19. The molecule has 1 saturated heterocycles. The largest absolute Gasteiger partial charge is 0.399 e. The molecule has 0 radical (unpaired) electrons. The van der Waals surface area contributed by atoms with Crippen molar-refractivity contribution in [2.45, 2.75) is 4.90 Å². The number of nitrogens with one attached hydrogen (secondary N) is 1. The summed E-state index contributed by atoms with van der Waals surface area (Å²) in [6.07, 6.45) is 0. The van der Waals surface area contributed by atoms with Crippen molar-refractivity contribution in [3.8, 4) is 0 Å². The van der Waals surface area contributed by atoms with Gasteiger partial charge in [-0.3, -0.25) is 9.69 Å². The minimum Gasteiger partial charge on any atom is -0.399 e. The summed E-state index contributed by atoms with van der Waals surface area (Å²) in [4.78, 5) is 13.5. The Hall–Kier alpha value is -1.64. The quantitative estimate of drug-likeness (QED) is 0.718. The van der Waals surface area contributed by atoms with Gasteiger partial charge in [-0.15, -0.1) is 0 Å². The molecule has 0 aliphatic carbocycles. The molecule has 1 amide bonds. The smallest absolute Gasteiger partial charge is 0.243 e. The second-order valence-electron chi connectivity index (χ2n) is 4.93. The van der Waals surface area contributed by atoms with Crippen molar-refractivity contribution in [3.63, 3.8) is 0 Å². The van der Waals surface area contributed by atoms with Gasteiger partial charge >= 0.3 is 0 Å². The number of likely N-dealkylation sites (N-methyl/N-ethyl adjacent to an activating group) is 1. The molecule has 1 heterocycles. The summed E-state index contributed by atoms with van der Waals surface area (Å²) in [5, 5.41) is 2.56. The fourth-order valence-electron chi connectivity index (χ4n) is 2.23. The maximum absolute atomic E-state index is 12.5. The van der Waals surface area contributed by atoms with Gasteiger partial charge in [0.05, 0.1) is 11.4 Å². The van der Waals surface area contributed by atoms with Gasteiger partial charge in [-0.1, -0.05) is 6.07 Å². The average molecular weight is 312 g/mol. The topological polar surface area (TPSA) is 95.7 Å². The lowest BCUT2D eigenvalue weighted by atomic mass is 10.3. The van der Waals surface area contributed by atoms with E-state index in [4.69, 9.17) is 5.73 Å². The van der Waals surface area contributed by atoms with Crippen LogP contribution >= 0.6 is 0 Å². The van der Waals surface area contributed by atoms with Crippen LogP contribution in [0.25, 0.3) is 0 Å². The van der Waals surface area contributed by atoms with Gasteiger partial charge in [-0.25, -0.2) is 8.42 Å². The molecule has 21 heavy (non-hydrogen) atoms. The van der Waals surface area contributed by atoms with Crippen LogP contribution in [0.4, 0.5) is 5.69 Å². The predicted octanol–water partition coefficient (Wildman–Crippen LogP) is -0.679. The Balaban J connectivity index is 2.03. The maximum atomic E-state index is 12.5. The van der Waals surface area contributed by atoms with E-state index in [9.17, 15) is 13.2 Å². The lowest BCUT2D eigenvalue weighted by Crippen LogP contribution is -2.50. The van der Waals surface area contributed by atoms with E-state index in [1.807, 2.05) is 4.90 Å². The van der Waals surface area contributed by atoms with Crippen LogP contribution in [0.5, 0.6) is 0 Å². The monoisotopic (exact) mass is 312 g/mol. The molecule has 1 aliphatic heterocycles. The summed E-state index contributed by atoms with van der Waals surface area (Å²) in [5.41, 5.74) is 6.07. The van der Waals surface area contributed by atoms with Gasteiger partial charge in [0.15, 0.2) is 0 Å². The van der Waals surface area contributed by atoms with Gasteiger partial charge in [0.25, 0.3) is 0 Å². The zero-order chi connectivity index (χ0) is 15.5. The minimum atomic E-state index is -3.52. The van der Waals surface area contributed by atoms with Gasteiger partial charge in [-0.2, -0.15) is 4.31 Å². The molecule has 0 bridgehead atoms. The Morgan fingerprint density at radius 3 is 2.52 bits per heavy atom. The molecule has 0 saturated carbocycles. The highest BCUT2D eigenvalue weighted by molar-refractivity contribution is 7.89. The number of carbonyl (C=O) groups is 1. The summed E-state index contributed by atoms with van der Waals surface area (Å²) in [6, 6.07) is 6.29. The molecule has 1 aliphatic rings. The Labute approximate surface area is 124 Å². The predicted molar refractivity (Wildman–Crippen MR) is 80.1 cm³/mol. The van der Waals surface area contributed by atoms with E-state index in [2.05, 4.69) is 5.32 Å². The molecule has 0 spiro atoms. The number of benzene rings is 1. The van der Waals surface area contributed by atoms with Crippen LogP contribution in [0, 0.1) is 0 Å². The molecule has 3 N–H and O–H groups in total. The molecule has 1 fully saturated rings. The summed E-state index contributed by atoms with van der Waals surface area (Å²) in [6.45, 7) is 2.11. The number of rotatable bonds is 4. The first-order chi connectivity index (χ1) is 9.93. The Morgan fingerprint density at radius 2 is 1.95 bits per heavy atom. The van der Waals surface area contributed by atoms with Crippen molar-refractivity contribution < 1.29 is 13.2 Å². The lowest BCUT2D eigenvalue weighted by Gasteiger charge is -2.33. The number of hydrogen-bond acceptors (Lipinski definition) is 5. The van der Waals surface area contributed by atoms with E-state index in [1.165, 1.54) is 10.4 Å². The van der Waals surface area contributed by atoms with Gasteiger partial charge in [0.1, 0.15) is 0 Å². The number of nitrogen functional groups attached to an aromatic ring is 1. The third-order valence-electron chi connectivity index (χ3n) is 3.47. The molecule has 116 valence electrons.